The molecule has 24 heavy (non-hydrogen) atoms. The molecule has 3 rings (SSSR count). The molecule has 2 fully saturated rings. The van der Waals surface area contributed by atoms with Gasteiger partial charge in [-0.2, -0.15) is 4.31 Å². The fourth-order valence-corrected chi connectivity index (χ4v) is 5.31. The third-order valence-electron chi connectivity index (χ3n) is 4.98. The number of carbonyl (C=O) groups is 1. The Morgan fingerprint density at radius 1 is 1.21 bits per heavy atom. The molecular formula is C16H23ClN2O4S. The Morgan fingerprint density at radius 3 is 2.54 bits per heavy atom. The van der Waals surface area contributed by atoms with Crippen LogP contribution in [0, 0.1) is 5.41 Å². The van der Waals surface area contributed by atoms with Crippen molar-refractivity contribution in [2.45, 2.75) is 24.2 Å². The first-order valence-corrected chi connectivity index (χ1v) is 9.31. The Labute approximate surface area is 149 Å². The van der Waals surface area contributed by atoms with E-state index in [1.165, 1.54) is 23.5 Å². The first-order valence-electron chi connectivity index (χ1n) is 7.87. The van der Waals surface area contributed by atoms with Crippen molar-refractivity contribution in [2.24, 2.45) is 5.41 Å². The number of rotatable bonds is 3. The molecule has 0 aliphatic carbocycles. The van der Waals surface area contributed by atoms with E-state index in [0.29, 0.717) is 13.1 Å². The number of methoxy groups -OCH3 is 1. The number of halogens is 1. The van der Waals surface area contributed by atoms with Gasteiger partial charge in [-0.25, -0.2) is 13.2 Å². The topological polar surface area (TPSA) is 75.7 Å². The summed E-state index contributed by atoms with van der Waals surface area (Å²) in [6, 6.07) is 6.25. The summed E-state index contributed by atoms with van der Waals surface area (Å²) in [5.74, 6) is -0.625. The van der Waals surface area contributed by atoms with Crippen molar-refractivity contribution < 1.29 is 17.9 Å². The molecule has 0 atom stereocenters. The maximum absolute atomic E-state index is 13.0. The smallest absolute Gasteiger partial charge is 0.339 e. The van der Waals surface area contributed by atoms with Crippen LogP contribution >= 0.6 is 12.4 Å². The Bertz CT molecular complexity index is 702. The van der Waals surface area contributed by atoms with Gasteiger partial charge in [-0.05, 0) is 49.9 Å². The van der Waals surface area contributed by atoms with Crippen molar-refractivity contribution >= 4 is 28.4 Å². The summed E-state index contributed by atoms with van der Waals surface area (Å²) in [6.45, 7) is 2.92. The van der Waals surface area contributed by atoms with Gasteiger partial charge in [0, 0.05) is 13.1 Å². The van der Waals surface area contributed by atoms with Crippen LogP contribution in [0.15, 0.2) is 29.2 Å². The van der Waals surface area contributed by atoms with Gasteiger partial charge in [-0.15, -0.1) is 12.4 Å². The molecule has 0 saturated carbocycles. The molecule has 0 unspecified atom stereocenters. The second-order valence-corrected chi connectivity index (χ2v) is 8.23. The van der Waals surface area contributed by atoms with Gasteiger partial charge < -0.3 is 10.1 Å². The van der Waals surface area contributed by atoms with Crippen LogP contribution in [0.25, 0.3) is 0 Å². The van der Waals surface area contributed by atoms with E-state index in [-0.39, 0.29) is 28.3 Å². The number of piperidine rings is 1. The minimum absolute atomic E-state index is 0. The minimum atomic E-state index is -3.69. The molecule has 1 aromatic carbocycles. The number of nitrogens with one attached hydrogen (secondary N) is 1. The molecule has 1 aromatic rings. The van der Waals surface area contributed by atoms with Crippen molar-refractivity contribution in [3.8, 4) is 0 Å². The molecule has 8 heteroatoms. The van der Waals surface area contributed by atoms with E-state index in [0.717, 1.165) is 32.4 Å². The zero-order valence-electron chi connectivity index (χ0n) is 13.7. The number of sulfonamides is 1. The fourth-order valence-electron chi connectivity index (χ4n) is 3.57. The monoisotopic (exact) mass is 374 g/mol. The predicted molar refractivity (Wildman–Crippen MR) is 92.9 cm³/mol. The van der Waals surface area contributed by atoms with Crippen LogP contribution in [0.5, 0.6) is 0 Å². The van der Waals surface area contributed by atoms with Gasteiger partial charge in [0.15, 0.2) is 0 Å². The van der Waals surface area contributed by atoms with Crippen LogP contribution in [-0.2, 0) is 14.8 Å². The number of ether oxygens (including phenoxy) is 1. The predicted octanol–water partition coefficient (Wildman–Crippen LogP) is 1.66. The first kappa shape index (κ1) is 19.2. The van der Waals surface area contributed by atoms with E-state index in [1.54, 1.807) is 12.1 Å². The maximum atomic E-state index is 13.0. The van der Waals surface area contributed by atoms with Gasteiger partial charge in [0.1, 0.15) is 0 Å². The first-order chi connectivity index (χ1) is 11.0. The Hall–Kier alpha value is -1.15. The fraction of sp³-hybridized carbons (Fsp3) is 0.562. The Morgan fingerprint density at radius 2 is 1.88 bits per heavy atom. The van der Waals surface area contributed by atoms with Crippen molar-refractivity contribution in [3.05, 3.63) is 29.8 Å². The highest BCUT2D eigenvalue weighted by atomic mass is 35.5. The second kappa shape index (κ2) is 7.39. The Balaban J connectivity index is 0.00000208. The summed E-state index contributed by atoms with van der Waals surface area (Å²) >= 11 is 0. The molecule has 6 nitrogen and oxygen atoms in total. The number of hydrogen-bond donors (Lipinski definition) is 1. The van der Waals surface area contributed by atoms with E-state index in [2.05, 4.69) is 5.32 Å². The number of nitrogens with zero attached hydrogens (tertiary/aromatic N) is 1. The minimum Gasteiger partial charge on any atom is -0.465 e. The third kappa shape index (κ3) is 3.44. The van der Waals surface area contributed by atoms with Gasteiger partial charge >= 0.3 is 5.97 Å². The van der Waals surface area contributed by atoms with Gasteiger partial charge in [0.2, 0.25) is 10.0 Å². The molecule has 1 spiro atoms. The second-order valence-electron chi connectivity index (χ2n) is 6.33. The van der Waals surface area contributed by atoms with Crippen molar-refractivity contribution in [1.82, 2.24) is 9.62 Å². The highest BCUT2D eigenvalue weighted by Crippen LogP contribution is 2.40. The quantitative estimate of drug-likeness (QED) is 0.814. The van der Waals surface area contributed by atoms with E-state index in [9.17, 15) is 13.2 Å². The molecule has 134 valence electrons. The zero-order valence-corrected chi connectivity index (χ0v) is 15.3. The van der Waals surface area contributed by atoms with Gasteiger partial charge in [-0.3, -0.25) is 0 Å². The molecule has 2 heterocycles. The number of hydrogen-bond acceptors (Lipinski definition) is 5. The average molecular weight is 375 g/mol. The summed E-state index contributed by atoms with van der Waals surface area (Å²) in [6.07, 6.45) is 2.88. The Kier molecular flexibility index (Phi) is 5.91. The largest absolute Gasteiger partial charge is 0.465 e. The summed E-state index contributed by atoms with van der Waals surface area (Å²) in [5.41, 5.74) is 0.180. The normalized spacial score (nSPS) is 20.5. The van der Waals surface area contributed by atoms with E-state index < -0.39 is 16.0 Å². The lowest BCUT2D eigenvalue weighted by Crippen LogP contribution is -2.40. The summed E-state index contributed by atoms with van der Waals surface area (Å²) in [7, 11) is -2.43. The summed E-state index contributed by atoms with van der Waals surface area (Å²) in [4.78, 5) is 11.9. The van der Waals surface area contributed by atoms with Gasteiger partial charge in [0.25, 0.3) is 0 Å². The van der Waals surface area contributed by atoms with Crippen LogP contribution in [0.2, 0.25) is 0 Å². The molecule has 2 saturated heterocycles. The third-order valence-corrected chi connectivity index (χ3v) is 6.88. The van der Waals surface area contributed by atoms with Gasteiger partial charge in [0.05, 0.1) is 17.6 Å². The molecule has 0 bridgehead atoms. The lowest BCUT2D eigenvalue weighted by Gasteiger charge is -2.33. The van der Waals surface area contributed by atoms with Crippen molar-refractivity contribution in [3.63, 3.8) is 0 Å². The molecular weight excluding hydrogens is 352 g/mol. The molecule has 2 aliphatic heterocycles. The SMILES string of the molecule is COC(=O)c1ccccc1S(=O)(=O)N1CCC2(CCNCC2)C1.Cl. The standard InChI is InChI=1S/C16H22N2O4S.ClH/c1-22-15(19)13-4-2-3-5-14(13)23(20,21)18-11-8-16(12-18)6-9-17-10-7-16;/h2-5,17H,6-12H2,1H3;1H. The van der Waals surface area contributed by atoms with E-state index in [4.69, 9.17) is 4.74 Å². The average Bonchev–Trinajstić information content (AvgIpc) is 2.99. The van der Waals surface area contributed by atoms with Crippen molar-refractivity contribution in [2.75, 3.05) is 33.3 Å². The van der Waals surface area contributed by atoms with Gasteiger partial charge in [-0.1, -0.05) is 12.1 Å². The summed E-state index contributed by atoms with van der Waals surface area (Å²) in [5, 5.41) is 3.32. The maximum Gasteiger partial charge on any atom is 0.339 e. The van der Waals surface area contributed by atoms with Crippen LogP contribution in [-0.4, -0.2) is 52.0 Å². The molecule has 1 N–H and O–H groups in total. The van der Waals surface area contributed by atoms with Crippen LogP contribution in [0.1, 0.15) is 29.6 Å². The van der Waals surface area contributed by atoms with Crippen molar-refractivity contribution in [1.29, 1.82) is 0 Å². The van der Waals surface area contributed by atoms with E-state index >= 15 is 0 Å². The van der Waals surface area contributed by atoms with Crippen LogP contribution in [0.4, 0.5) is 0 Å². The number of carbonyl (C=O) groups excluding carboxylic acids is 1. The van der Waals surface area contributed by atoms with Crippen LogP contribution in [0.3, 0.4) is 0 Å². The lowest BCUT2D eigenvalue weighted by atomic mass is 9.78. The highest BCUT2D eigenvalue weighted by molar-refractivity contribution is 7.89. The molecule has 2 aliphatic rings. The number of benzene rings is 1. The summed E-state index contributed by atoms with van der Waals surface area (Å²) < 4.78 is 32.3. The van der Waals surface area contributed by atoms with E-state index in [1.807, 2.05) is 0 Å². The molecule has 0 amide bonds. The highest BCUT2D eigenvalue weighted by Gasteiger charge is 2.44. The number of esters is 1. The van der Waals surface area contributed by atoms with Crippen LogP contribution < -0.4 is 5.32 Å². The molecule has 0 aromatic heterocycles. The molecule has 0 radical (unpaired) electrons. The lowest BCUT2D eigenvalue weighted by molar-refractivity contribution is 0.0596. The zero-order chi connectivity index (χ0) is 16.5.